The number of hydrogen-bond acceptors (Lipinski definition) is 2. The van der Waals surface area contributed by atoms with Gasteiger partial charge in [-0.25, -0.2) is 9.18 Å². The van der Waals surface area contributed by atoms with E-state index in [0.29, 0.717) is 17.1 Å². The van der Waals surface area contributed by atoms with Gasteiger partial charge in [0.15, 0.2) is 0 Å². The monoisotopic (exact) mass is 323 g/mol. The van der Waals surface area contributed by atoms with Crippen molar-refractivity contribution >= 4 is 41.4 Å². The highest BCUT2D eigenvalue weighted by molar-refractivity contribution is 6.00. The molecular formula is C15H15ClFN3O2. The summed E-state index contributed by atoms with van der Waals surface area (Å²) in [5.41, 5.74) is 1.55. The summed E-state index contributed by atoms with van der Waals surface area (Å²) in [6.07, 6.45) is 0. The van der Waals surface area contributed by atoms with Crippen LogP contribution >= 0.6 is 12.4 Å². The van der Waals surface area contributed by atoms with E-state index in [0.717, 1.165) is 0 Å². The summed E-state index contributed by atoms with van der Waals surface area (Å²) in [5, 5.41) is 7.75. The Labute approximate surface area is 133 Å². The van der Waals surface area contributed by atoms with Crippen LogP contribution in [0.4, 0.5) is 26.2 Å². The van der Waals surface area contributed by atoms with Gasteiger partial charge in [-0.1, -0.05) is 6.07 Å². The Kier molecular flexibility index (Phi) is 6.34. The minimum absolute atomic E-state index is 0. The Morgan fingerprint density at radius 2 is 1.41 bits per heavy atom. The van der Waals surface area contributed by atoms with E-state index in [1.54, 1.807) is 30.3 Å². The lowest BCUT2D eigenvalue weighted by Crippen LogP contribution is -2.19. The van der Waals surface area contributed by atoms with Crippen LogP contribution in [-0.4, -0.2) is 11.9 Å². The Morgan fingerprint density at radius 1 is 0.864 bits per heavy atom. The normalized spacial score (nSPS) is 9.36. The second-order valence-electron chi connectivity index (χ2n) is 4.35. The van der Waals surface area contributed by atoms with Gasteiger partial charge in [0.05, 0.1) is 0 Å². The van der Waals surface area contributed by atoms with E-state index in [1.807, 2.05) is 0 Å². The highest BCUT2D eigenvalue weighted by atomic mass is 35.5. The van der Waals surface area contributed by atoms with Gasteiger partial charge >= 0.3 is 6.03 Å². The molecule has 0 bridgehead atoms. The van der Waals surface area contributed by atoms with Crippen LogP contribution < -0.4 is 16.0 Å². The third-order valence-electron chi connectivity index (χ3n) is 2.55. The van der Waals surface area contributed by atoms with Crippen LogP contribution in [0.25, 0.3) is 0 Å². The maximum Gasteiger partial charge on any atom is 0.323 e. The third kappa shape index (κ3) is 5.41. The molecule has 2 aromatic rings. The molecule has 7 heteroatoms. The second kappa shape index (κ2) is 7.99. The standard InChI is InChI=1S/C15H14FN3O2.ClH/c1-10(20)17-12-5-7-13(8-6-12)18-15(21)19-14-4-2-3-11(16)9-14;/h2-9H,1H3,(H,17,20)(H2,18,19,21);1H. The van der Waals surface area contributed by atoms with E-state index in [-0.39, 0.29) is 18.3 Å². The van der Waals surface area contributed by atoms with Crippen LogP contribution in [0.5, 0.6) is 0 Å². The number of rotatable bonds is 3. The van der Waals surface area contributed by atoms with Crippen LogP contribution in [-0.2, 0) is 4.79 Å². The van der Waals surface area contributed by atoms with Crippen molar-refractivity contribution in [2.24, 2.45) is 0 Å². The van der Waals surface area contributed by atoms with Crippen molar-refractivity contribution in [1.82, 2.24) is 0 Å². The molecular weight excluding hydrogens is 309 g/mol. The summed E-state index contributed by atoms with van der Waals surface area (Å²) in [5.74, 6) is -0.591. The molecule has 116 valence electrons. The predicted molar refractivity (Wildman–Crippen MR) is 87.0 cm³/mol. The Hall–Kier alpha value is -2.60. The number of carbonyl (C=O) groups excluding carboxylic acids is 2. The van der Waals surface area contributed by atoms with E-state index >= 15 is 0 Å². The number of hydrogen-bond donors (Lipinski definition) is 3. The summed E-state index contributed by atoms with van der Waals surface area (Å²) >= 11 is 0. The van der Waals surface area contributed by atoms with Crippen molar-refractivity contribution in [3.05, 3.63) is 54.3 Å². The Morgan fingerprint density at radius 3 is 1.95 bits per heavy atom. The lowest BCUT2D eigenvalue weighted by Gasteiger charge is -2.08. The molecule has 0 aromatic heterocycles. The summed E-state index contributed by atoms with van der Waals surface area (Å²) in [6, 6.07) is 11.8. The Balaban J connectivity index is 0.00000242. The molecule has 0 saturated heterocycles. The average Bonchev–Trinajstić information content (AvgIpc) is 2.40. The fourth-order valence-corrected chi connectivity index (χ4v) is 1.70. The molecule has 0 aliphatic rings. The molecule has 0 aliphatic carbocycles. The number of nitrogens with one attached hydrogen (secondary N) is 3. The first-order valence-corrected chi connectivity index (χ1v) is 6.24. The van der Waals surface area contributed by atoms with Crippen LogP contribution in [0.15, 0.2) is 48.5 Å². The maximum atomic E-state index is 13.0. The van der Waals surface area contributed by atoms with Crippen molar-refractivity contribution < 1.29 is 14.0 Å². The number of amides is 3. The van der Waals surface area contributed by atoms with Crippen LogP contribution in [0.2, 0.25) is 0 Å². The van der Waals surface area contributed by atoms with Gasteiger partial charge in [-0.3, -0.25) is 4.79 Å². The van der Waals surface area contributed by atoms with Crippen molar-refractivity contribution in [2.45, 2.75) is 6.92 Å². The zero-order chi connectivity index (χ0) is 15.2. The number of benzene rings is 2. The second-order valence-corrected chi connectivity index (χ2v) is 4.35. The van der Waals surface area contributed by atoms with Gasteiger partial charge in [0.25, 0.3) is 0 Å². The van der Waals surface area contributed by atoms with E-state index < -0.39 is 11.8 Å². The third-order valence-corrected chi connectivity index (χ3v) is 2.55. The molecule has 0 heterocycles. The van der Waals surface area contributed by atoms with Gasteiger partial charge in [-0.2, -0.15) is 0 Å². The van der Waals surface area contributed by atoms with Gasteiger partial charge in [0.1, 0.15) is 5.82 Å². The zero-order valence-corrected chi connectivity index (χ0v) is 12.5. The Bertz CT molecular complexity index is 662. The largest absolute Gasteiger partial charge is 0.326 e. The first kappa shape index (κ1) is 17.5. The highest BCUT2D eigenvalue weighted by Gasteiger charge is 2.03. The molecule has 2 rings (SSSR count). The first-order valence-electron chi connectivity index (χ1n) is 6.24. The molecule has 3 N–H and O–H groups in total. The summed E-state index contributed by atoms with van der Waals surface area (Å²) < 4.78 is 13.0. The van der Waals surface area contributed by atoms with E-state index in [2.05, 4.69) is 16.0 Å². The van der Waals surface area contributed by atoms with E-state index in [4.69, 9.17) is 0 Å². The summed E-state index contributed by atoms with van der Waals surface area (Å²) in [4.78, 5) is 22.6. The van der Waals surface area contributed by atoms with Gasteiger partial charge < -0.3 is 16.0 Å². The first-order chi connectivity index (χ1) is 10.0. The molecule has 0 atom stereocenters. The van der Waals surface area contributed by atoms with Gasteiger partial charge in [0.2, 0.25) is 5.91 Å². The van der Waals surface area contributed by atoms with Crippen molar-refractivity contribution in [3.8, 4) is 0 Å². The van der Waals surface area contributed by atoms with Crippen molar-refractivity contribution in [2.75, 3.05) is 16.0 Å². The lowest BCUT2D eigenvalue weighted by molar-refractivity contribution is -0.114. The molecule has 0 spiro atoms. The minimum atomic E-state index is -0.479. The average molecular weight is 324 g/mol. The van der Waals surface area contributed by atoms with Gasteiger partial charge in [0, 0.05) is 24.0 Å². The predicted octanol–water partition coefficient (Wildman–Crippen LogP) is 3.85. The van der Waals surface area contributed by atoms with Crippen molar-refractivity contribution in [1.29, 1.82) is 0 Å². The molecule has 0 fully saturated rings. The molecule has 0 radical (unpaired) electrons. The quantitative estimate of drug-likeness (QED) is 0.803. The molecule has 0 saturated carbocycles. The lowest BCUT2D eigenvalue weighted by atomic mass is 10.3. The molecule has 5 nitrogen and oxygen atoms in total. The molecule has 0 unspecified atom stereocenters. The SMILES string of the molecule is CC(=O)Nc1ccc(NC(=O)Nc2cccc(F)c2)cc1.Cl. The van der Waals surface area contributed by atoms with Crippen LogP contribution in [0.3, 0.4) is 0 Å². The number of carbonyl (C=O) groups is 2. The zero-order valence-electron chi connectivity index (χ0n) is 11.7. The number of urea groups is 1. The summed E-state index contributed by atoms with van der Waals surface area (Å²) in [7, 11) is 0. The number of anilines is 3. The van der Waals surface area contributed by atoms with E-state index in [1.165, 1.54) is 25.1 Å². The van der Waals surface area contributed by atoms with Crippen molar-refractivity contribution in [3.63, 3.8) is 0 Å². The number of halogens is 2. The van der Waals surface area contributed by atoms with Gasteiger partial charge in [-0.15, -0.1) is 12.4 Å². The smallest absolute Gasteiger partial charge is 0.323 e. The topological polar surface area (TPSA) is 70.2 Å². The molecule has 3 amide bonds. The molecule has 2 aromatic carbocycles. The molecule has 0 aliphatic heterocycles. The maximum absolute atomic E-state index is 13.0. The highest BCUT2D eigenvalue weighted by Crippen LogP contribution is 2.14. The molecule has 22 heavy (non-hydrogen) atoms. The summed E-state index contributed by atoms with van der Waals surface area (Å²) in [6.45, 7) is 1.42. The van der Waals surface area contributed by atoms with Crippen LogP contribution in [0.1, 0.15) is 6.92 Å². The van der Waals surface area contributed by atoms with E-state index in [9.17, 15) is 14.0 Å². The fourth-order valence-electron chi connectivity index (χ4n) is 1.70. The van der Waals surface area contributed by atoms with Gasteiger partial charge in [-0.05, 0) is 42.5 Å². The minimum Gasteiger partial charge on any atom is -0.326 e. The van der Waals surface area contributed by atoms with Crippen LogP contribution in [0, 0.1) is 5.82 Å². The fraction of sp³-hybridized carbons (Fsp3) is 0.0667.